The Morgan fingerprint density at radius 3 is 2.50 bits per heavy atom. The van der Waals surface area contributed by atoms with E-state index in [9.17, 15) is 0 Å². The van der Waals surface area contributed by atoms with E-state index in [-0.39, 0.29) is 0 Å². The second-order valence-electron chi connectivity index (χ2n) is 5.20. The van der Waals surface area contributed by atoms with Gasteiger partial charge in [0.2, 0.25) is 0 Å². The number of hydrogen-bond donors (Lipinski definition) is 1. The Labute approximate surface area is 129 Å². The molecule has 112 valence electrons. The standard InChI is InChI=1S/C17H18N4O/c1-11-6-4-5-7-15(11)21-17(18)16(19-20-21)14-9-8-13(22-3)10-12(14)2/h4-10H,18H2,1-3H3. The summed E-state index contributed by atoms with van der Waals surface area (Å²) >= 11 is 0. The first-order chi connectivity index (χ1) is 10.6. The zero-order valence-electron chi connectivity index (χ0n) is 12.9. The van der Waals surface area contributed by atoms with Gasteiger partial charge < -0.3 is 10.5 Å². The van der Waals surface area contributed by atoms with Crippen LogP contribution in [0.3, 0.4) is 0 Å². The van der Waals surface area contributed by atoms with E-state index in [0.29, 0.717) is 11.5 Å². The third kappa shape index (κ3) is 2.30. The summed E-state index contributed by atoms with van der Waals surface area (Å²) < 4.78 is 6.91. The molecule has 0 radical (unpaired) electrons. The molecule has 0 aliphatic heterocycles. The first-order valence-electron chi connectivity index (χ1n) is 7.04. The van der Waals surface area contributed by atoms with Crippen LogP contribution in [0.4, 0.5) is 5.82 Å². The minimum atomic E-state index is 0.530. The van der Waals surface area contributed by atoms with Crippen molar-refractivity contribution in [3.8, 4) is 22.7 Å². The number of aromatic nitrogens is 3. The van der Waals surface area contributed by atoms with Gasteiger partial charge in [-0.1, -0.05) is 23.4 Å². The molecule has 5 nitrogen and oxygen atoms in total. The number of aryl methyl sites for hydroxylation is 2. The number of hydrogen-bond acceptors (Lipinski definition) is 4. The molecule has 2 N–H and O–H groups in total. The van der Waals surface area contributed by atoms with E-state index < -0.39 is 0 Å². The summed E-state index contributed by atoms with van der Waals surface area (Å²) in [6, 6.07) is 13.8. The Morgan fingerprint density at radius 1 is 1.05 bits per heavy atom. The second kappa shape index (κ2) is 5.52. The van der Waals surface area contributed by atoms with Crippen LogP contribution in [0.5, 0.6) is 5.75 Å². The summed E-state index contributed by atoms with van der Waals surface area (Å²) in [5, 5.41) is 8.48. The molecule has 0 saturated heterocycles. The molecule has 5 heteroatoms. The normalized spacial score (nSPS) is 10.7. The third-order valence-electron chi connectivity index (χ3n) is 3.74. The number of benzene rings is 2. The van der Waals surface area contributed by atoms with Crippen molar-refractivity contribution < 1.29 is 4.74 Å². The fourth-order valence-corrected chi connectivity index (χ4v) is 2.49. The summed E-state index contributed by atoms with van der Waals surface area (Å²) in [5.41, 5.74) is 11.0. The first kappa shape index (κ1) is 14.1. The fraction of sp³-hybridized carbons (Fsp3) is 0.176. The molecule has 3 aromatic rings. The van der Waals surface area contributed by atoms with Crippen molar-refractivity contribution in [3.05, 3.63) is 53.6 Å². The van der Waals surface area contributed by atoms with Crippen LogP contribution in [0.25, 0.3) is 16.9 Å². The SMILES string of the molecule is COc1ccc(-c2nnn(-c3ccccc3C)c2N)c(C)c1. The predicted octanol–water partition coefficient (Wildman–Crippen LogP) is 3.14. The monoisotopic (exact) mass is 294 g/mol. The molecule has 0 aliphatic carbocycles. The van der Waals surface area contributed by atoms with Crippen LogP contribution in [-0.2, 0) is 0 Å². The maximum atomic E-state index is 6.28. The van der Waals surface area contributed by atoms with E-state index in [1.54, 1.807) is 11.8 Å². The van der Waals surface area contributed by atoms with Gasteiger partial charge in [0, 0.05) is 5.56 Å². The molecular formula is C17H18N4O. The highest BCUT2D eigenvalue weighted by atomic mass is 16.5. The van der Waals surface area contributed by atoms with Crippen molar-refractivity contribution in [2.75, 3.05) is 12.8 Å². The van der Waals surface area contributed by atoms with Crippen LogP contribution in [0, 0.1) is 13.8 Å². The van der Waals surface area contributed by atoms with Gasteiger partial charge >= 0.3 is 0 Å². The van der Waals surface area contributed by atoms with E-state index in [1.807, 2.05) is 56.3 Å². The van der Waals surface area contributed by atoms with E-state index in [1.165, 1.54) is 0 Å². The Balaban J connectivity index is 2.10. The van der Waals surface area contributed by atoms with E-state index in [4.69, 9.17) is 10.5 Å². The number of ether oxygens (including phenoxy) is 1. The highest BCUT2D eigenvalue weighted by molar-refractivity contribution is 5.74. The van der Waals surface area contributed by atoms with Gasteiger partial charge in [0.15, 0.2) is 5.82 Å². The Hall–Kier alpha value is -2.82. The van der Waals surface area contributed by atoms with Crippen molar-refractivity contribution in [2.24, 2.45) is 0 Å². The molecule has 0 saturated carbocycles. The average molecular weight is 294 g/mol. The maximum absolute atomic E-state index is 6.28. The number of para-hydroxylation sites is 1. The Kier molecular flexibility index (Phi) is 3.55. The number of rotatable bonds is 3. The number of nitrogens with zero attached hydrogens (tertiary/aromatic N) is 3. The molecule has 0 unspecified atom stereocenters. The van der Waals surface area contributed by atoms with Crippen LogP contribution < -0.4 is 10.5 Å². The lowest BCUT2D eigenvalue weighted by molar-refractivity contribution is 0.414. The Bertz CT molecular complexity index is 823. The molecule has 2 aromatic carbocycles. The van der Waals surface area contributed by atoms with E-state index in [0.717, 1.165) is 28.1 Å². The number of anilines is 1. The molecular weight excluding hydrogens is 276 g/mol. The minimum Gasteiger partial charge on any atom is -0.497 e. The van der Waals surface area contributed by atoms with Crippen LogP contribution in [0.2, 0.25) is 0 Å². The largest absolute Gasteiger partial charge is 0.497 e. The lowest BCUT2D eigenvalue weighted by atomic mass is 10.1. The van der Waals surface area contributed by atoms with Crippen molar-refractivity contribution in [1.82, 2.24) is 15.0 Å². The van der Waals surface area contributed by atoms with Crippen molar-refractivity contribution in [2.45, 2.75) is 13.8 Å². The summed E-state index contributed by atoms with van der Waals surface area (Å²) in [4.78, 5) is 0. The van der Waals surface area contributed by atoms with Crippen LogP contribution in [0.15, 0.2) is 42.5 Å². The number of nitrogen functional groups attached to an aromatic ring is 1. The molecule has 0 amide bonds. The summed E-state index contributed by atoms with van der Waals surface area (Å²) in [6.07, 6.45) is 0. The smallest absolute Gasteiger partial charge is 0.155 e. The molecule has 0 fully saturated rings. The molecule has 0 bridgehead atoms. The van der Waals surface area contributed by atoms with Gasteiger partial charge in [-0.05, 0) is 49.2 Å². The lowest BCUT2D eigenvalue weighted by Gasteiger charge is -2.08. The van der Waals surface area contributed by atoms with Crippen molar-refractivity contribution >= 4 is 5.82 Å². The van der Waals surface area contributed by atoms with Crippen LogP contribution in [-0.4, -0.2) is 22.1 Å². The zero-order valence-corrected chi connectivity index (χ0v) is 12.9. The van der Waals surface area contributed by atoms with E-state index >= 15 is 0 Å². The summed E-state index contributed by atoms with van der Waals surface area (Å²) in [5.74, 6) is 1.34. The molecule has 0 aliphatic rings. The summed E-state index contributed by atoms with van der Waals surface area (Å²) in [7, 11) is 1.65. The van der Waals surface area contributed by atoms with Crippen LogP contribution in [0.1, 0.15) is 11.1 Å². The van der Waals surface area contributed by atoms with Gasteiger partial charge in [-0.2, -0.15) is 4.68 Å². The first-order valence-corrected chi connectivity index (χ1v) is 7.04. The quantitative estimate of drug-likeness (QED) is 0.806. The zero-order chi connectivity index (χ0) is 15.7. The lowest BCUT2D eigenvalue weighted by Crippen LogP contribution is -2.04. The Morgan fingerprint density at radius 2 is 1.82 bits per heavy atom. The van der Waals surface area contributed by atoms with E-state index in [2.05, 4.69) is 10.3 Å². The fourth-order valence-electron chi connectivity index (χ4n) is 2.49. The molecule has 22 heavy (non-hydrogen) atoms. The third-order valence-corrected chi connectivity index (χ3v) is 3.74. The molecule has 1 heterocycles. The predicted molar refractivity (Wildman–Crippen MR) is 87.2 cm³/mol. The highest BCUT2D eigenvalue weighted by Crippen LogP contribution is 2.30. The van der Waals surface area contributed by atoms with Gasteiger partial charge in [0.25, 0.3) is 0 Å². The average Bonchev–Trinajstić information content (AvgIpc) is 2.89. The minimum absolute atomic E-state index is 0.530. The number of methoxy groups -OCH3 is 1. The van der Waals surface area contributed by atoms with Gasteiger partial charge in [0.05, 0.1) is 12.8 Å². The van der Waals surface area contributed by atoms with Gasteiger partial charge in [-0.3, -0.25) is 0 Å². The molecule has 1 aromatic heterocycles. The molecule has 3 rings (SSSR count). The van der Waals surface area contributed by atoms with Crippen LogP contribution >= 0.6 is 0 Å². The molecule has 0 atom stereocenters. The topological polar surface area (TPSA) is 66.0 Å². The maximum Gasteiger partial charge on any atom is 0.155 e. The van der Waals surface area contributed by atoms with Gasteiger partial charge in [0.1, 0.15) is 11.4 Å². The summed E-state index contributed by atoms with van der Waals surface area (Å²) in [6.45, 7) is 4.03. The number of nitrogens with two attached hydrogens (primary N) is 1. The second-order valence-corrected chi connectivity index (χ2v) is 5.20. The van der Waals surface area contributed by atoms with Crippen molar-refractivity contribution in [3.63, 3.8) is 0 Å². The molecule has 0 spiro atoms. The van der Waals surface area contributed by atoms with Crippen molar-refractivity contribution in [1.29, 1.82) is 0 Å². The van der Waals surface area contributed by atoms with Gasteiger partial charge in [-0.15, -0.1) is 5.10 Å². The highest BCUT2D eigenvalue weighted by Gasteiger charge is 2.16. The van der Waals surface area contributed by atoms with Gasteiger partial charge in [-0.25, -0.2) is 0 Å².